The van der Waals surface area contributed by atoms with E-state index in [0.717, 1.165) is 39.2 Å². The molecule has 0 atom stereocenters. The van der Waals surface area contributed by atoms with Gasteiger partial charge < -0.3 is 10.1 Å². The summed E-state index contributed by atoms with van der Waals surface area (Å²) < 4.78 is 5.85. The van der Waals surface area contributed by atoms with Crippen LogP contribution in [0, 0.1) is 0 Å². The summed E-state index contributed by atoms with van der Waals surface area (Å²) in [5, 5.41) is 4.83. The number of anilines is 1. The third-order valence-electron chi connectivity index (χ3n) is 3.56. The van der Waals surface area contributed by atoms with Gasteiger partial charge in [-0.2, -0.15) is 0 Å². The molecule has 1 N–H and O–H groups in total. The molecule has 0 saturated heterocycles. The molecule has 0 aromatic heterocycles. The van der Waals surface area contributed by atoms with Crippen LogP contribution in [-0.2, 0) is 13.2 Å². The van der Waals surface area contributed by atoms with Crippen molar-refractivity contribution in [1.29, 1.82) is 0 Å². The fourth-order valence-corrected chi connectivity index (χ4v) is 2.52. The highest BCUT2D eigenvalue weighted by Crippen LogP contribution is 2.18. The van der Waals surface area contributed by atoms with Gasteiger partial charge in [0.05, 0.1) is 0 Å². The Morgan fingerprint density at radius 2 is 1.42 bits per heavy atom. The molecule has 0 fully saturated rings. The zero-order valence-corrected chi connectivity index (χ0v) is 14.5. The third-order valence-corrected chi connectivity index (χ3v) is 4.06. The fourth-order valence-electron chi connectivity index (χ4n) is 2.26. The van der Waals surface area contributed by atoms with E-state index < -0.39 is 0 Å². The predicted molar refractivity (Wildman–Crippen MR) is 101 cm³/mol. The topological polar surface area (TPSA) is 21.3 Å². The van der Waals surface area contributed by atoms with Crippen molar-refractivity contribution in [2.45, 2.75) is 13.2 Å². The molecule has 24 heavy (non-hydrogen) atoms. The molecule has 3 aromatic rings. The van der Waals surface area contributed by atoms with Gasteiger partial charge in [0.2, 0.25) is 0 Å². The molecule has 0 amide bonds. The lowest BCUT2D eigenvalue weighted by Crippen LogP contribution is -2.00. The molecule has 0 bridgehead atoms. The van der Waals surface area contributed by atoms with Crippen LogP contribution >= 0.6 is 23.2 Å². The van der Waals surface area contributed by atoms with E-state index >= 15 is 0 Å². The Kier molecular flexibility index (Phi) is 5.63. The predicted octanol–water partition coefficient (Wildman–Crippen LogP) is 6.18. The van der Waals surface area contributed by atoms with Gasteiger partial charge in [-0.05, 0) is 59.7 Å². The van der Waals surface area contributed by atoms with Crippen LogP contribution in [0.2, 0.25) is 10.0 Å². The number of benzene rings is 3. The van der Waals surface area contributed by atoms with Crippen LogP contribution in [0.5, 0.6) is 5.75 Å². The summed E-state index contributed by atoms with van der Waals surface area (Å²) in [5.41, 5.74) is 3.27. The Morgan fingerprint density at radius 1 is 0.750 bits per heavy atom. The number of rotatable bonds is 6. The molecule has 2 nitrogen and oxygen atoms in total. The SMILES string of the molecule is Clc1ccc(COc2cccc(CNc3ccc(Cl)cc3)c2)cc1. The molecule has 122 valence electrons. The van der Waals surface area contributed by atoms with Gasteiger partial charge in [0, 0.05) is 22.3 Å². The van der Waals surface area contributed by atoms with E-state index in [1.165, 1.54) is 0 Å². The smallest absolute Gasteiger partial charge is 0.120 e. The van der Waals surface area contributed by atoms with E-state index in [4.69, 9.17) is 27.9 Å². The van der Waals surface area contributed by atoms with E-state index in [-0.39, 0.29) is 0 Å². The minimum Gasteiger partial charge on any atom is -0.489 e. The van der Waals surface area contributed by atoms with Crippen LogP contribution in [-0.4, -0.2) is 0 Å². The normalized spacial score (nSPS) is 10.4. The Labute approximate surface area is 152 Å². The molecule has 0 heterocycles. The molecule has 0 aliphatic heterocycles. The Hall–Kier alpha value is -2.16. The highest BCUT2D eigenvalue weighted by atomic mass is 35.5. The third kappa shape index (κ3) is 4.92. The van der Waals surface area contributed by atoms with Crippen molar-refractivity contribution in [1.82, 2.24) is 0 Å². The lowest BCUT2D eigenvalue weighted by molar-refractivity contribution is 0.306. The zero-order valence-electron chi connectivity index (χ0n) is 13.0. The lowest BCUT2D eigenvalue weighted by atomic mass is 10.2. The molecule has 0 aliphatic carbocycles. The lowest BCUT2D eigenvalue weighted by Gasteiger charge is -2.10. The van der Waals surface area contributed by atoms with Crippen molar-refractivity contribution in [3.63, 3.8) is 0 Å². The maximum Gasteiger partial charge on any atom is 0.120 e. The van der Waals surface area contributed by atoms with Gasteiger partial charge in [-0.3, -0.25) is 0 Å². The van der Waals surface area contributed by atoms with Gasteiger partial charge >= 0.3 is 0 Å². The van der Waals surface area contributed by atoms with Crippen molar-refractivity contribution < 1.29 is 4.74 Å². The number of hydrogen-bond donors (Lipinski definition) is 1. The first-order chi connectivity index (χ1) is 11.7. The molecule has 0 unspecified atom stereocenters. The van der Waals surface area contributed by atoms with Crippen molar-refractivity contribution in [3.8, 4) is 5.75 Å². The first kappa shape index (κ1) is 16.7. The van der Waals surface area contributed by atoms with E-state index in [1.54, 1.807) is 0 Å². The Morgan fingerprint density at radius 3 is 2.12 bits per heavy atom. The molecule has 0 spiro atoms. The van der Waals surface area contributed by atoms with E-state index in [2.05, 4.69) is 11.4 Å². The minimum absolute atomic E-state index is 0.519. The molecular weight excluding hydrogens is 341 g/mol. The molecular formula is C20H17Cl2NO. The standard InChI is InChI=1S/C20H17Cl2NO/c21-17-6-4-15(5-7-17)14-24-20-3-1-2-16(12-20)13-23-19-10-8-18(22)9-11-19/h1-12,23H,13-14H2. The number of hydrogen-bond acceptors (Lipinski definition) is 2. The first-order valence-electron chi connectivity index (χ1n) is 7.65. The van der Waals surface area contributed by atoms with Gasteiger partial charge in [0.1, 0.15) is 12.4 Å². The summed E-state index contributed by atoms with van der Waals surface area (Å²) in [5.74, 6) is 0.848. The molecule has 0 saturated carbocycles. The highest BCUT2D eigenvalue weighted by Gasteiger charge is 2.00. The largest absolute Gasteiger partial charge is 0.489 e. The van der Waals surface area contributed by atoms with Gasteiger partial charge in [-0.25, -0.2) is 0 Å². The summed E-state index contributed by atoms with van der Waals surface area (Å²) in [7, 11) is 0. The monoisotopic (exact) mass is 357 g/mol. The number of ether oxygens (including phenoxy) is 1. The maximum atomic E-state index is 5.89. The van der Waals surface area contributed by atoms with Crippen molar-refractivity contribution in [2.75, 3.05) is 5.32 Å². The van der Waals surface area contributed by atoms with Gasteiger partial charge in [-0.15, -0.1) is 0 Å². The molecule has 4 heteroatoms. The summed E-state index contributed by atoms with van der Waals surface area (Å²) >= 11 is 11.8. The van der Waals surface area contributed by atoms with E-state index in [1.807, 2.05) is 66.7 Å². The van der Waals surface area contributed by atoms with Gasteiger partial charge in [0.15, 0.2) is 0 Å². The van der Waals surface area contributed by atoms with Crippen molar-refractivity contribution in [3.05, 3.63) is 94.0 Å². The molecule has 3 rings (SSSR count). The van der Waals surface area contributed by atoms with E-state index in [0.29, 0.717) is 6.61 Å². The van der Waals surface area contributed by atoms with Crippen LogP contribution in [0.4, 0.5) is 5.69 Å². The average molecular weight is 358 g/mol. The Balaban J connectivity index is 1.57. The minimum atomic E-state index is 0.519. The van der Waals surface area contributed by atoms with E-state index in [9.17, 15) is 0 Å². The van der Waals surface area contributed by atoms with Crippen LogP contribution in [0.3, 0.4) is 0 Å². The highest BCUT2D eigenvalue weighted by molar-refractivity contribution is 6.30. The van der Waals surface area contributed by atoms with Crippen LogP contribution in [0.25, 0.3) is 0 Å². The zero-order chi connectivity index (χ0) is 16.8. The van der Waals surface area contributed by atoms with Gasteiger partial charge in [0.25, 0.3) is 0 Å². The number of nitrogens with one attached hydrogen (secondary N) is 1. The van der Waals surface area contributed by atoms with Gasteiger partial charge in [-0.1, -0.05) is 47.5 Å². The summed E-state index contributed by atoms with van der Waals surface area (Å²) in [6.45, 7) is 1.24. The molecule has 0 radical (unpaired) electrons. The first-order valence-corrected chi connectivity index (χ1v) is 8.40. The number of halogens is 2. The second-order valence-electron chi connectivity index (χ2n) is 5.42. The van der Waals surface area contributed by atoms with Crippen LogP contribution in [0.1, 0.15) is 11.1 Å². The summed E-state index contributed by atoms with van der Waals surface area (Å²) in [6.07, 6.45) is 0. The van der Waals surface area contributed by atoms with Crippen LogP contribution in [0.15, 0.2) is 72.8 Å². The second kappa shape index (κ2) is 8.09. The Bertz CT molecular complexity index is 721. The average Bonchev–Trinajstić information content (AvgIpc) is 2.61. The van der Waals surface area contributed by atoms with Crippen molar-refractivity contribution >= 4 is 28.9 Å². The summed E-state index contributed by atoms with van der Waals surface area (Å²) in [6, 6.07) is 23.4. The molecule has 3 aromatic carbocycles. The van der Waals surface area contributed by atoms with Crippen LogP contribution < -0.4 is 10.1 Å². The quantitative estimate of drug-likeness (QED) is 0.568. The second-order valence-corrected chi connectivity index (χ2v) is 6.30. The maximum absolute atomic E-state index is 5.89. The fraction of sp³-hybridized carbons (Fsp3) is 0.100. The molecule has 0 aliphatic rings. The van der Waals surface area contributed by atoms with Crippen molar-refractivity contribution in [2.24, 2.45) is 0 Å². The summed E-state index contributed by atoms with van der Waals surface area (Å²) in [4.78, 5) is 0.